The van der Waals surface area contributed by atoms with E-state index in [9.17, 15) is 4.79 Å². The molecule has 1 aliphatic carbocycles. The van der Waals surface area contributed by atoms with Crippen LogP contribution in [0.5, 0.6) is 0 Å². The maximum atomic E-state index is 12.8. The van der Waals surface area contributed by atoms with Gasteiger partial charge in [-0.15, -0.1) is 0 Å². The number of piperazine rings is 1. The van der Waals surface area contributed by atoms with Gasteiger partial charge >= 0.3 is 6.03 Å². The topological polar surface area (TPSA) is 77.1 Å². The van der Waals surface area contributed by atoms with Crippen LogP contribution in [0.25, 0.3) is 11.1 Å². The summed E-state index contributed by atoms with van der Waals surface area (Å²) in [6, 6.07) is 9.40. The second kappa shape index (κ2) is 14.5. The summed E-state index contributed by atoms with van der Waals surface area (Å²) in [7, 11) is 0. The second-order valence-electron chi connectivity index (χ2n) is 12.8. The normalized spacial score (nSPS) is 22.0. The lowest BCUT2D eigenvalue weighted by Crippen LogP contribution is -2.51. The maximum absolute atomic E-state index is 12.8. The van der Waals surface area contributed by atoms with Crippen molar-refractivity contribution in [3.63, 3.8) is 0 Å². The maximum Gasteiger partial charge on any atom is 0.318 e. The quantitative estimate of drug-likeness (QED) is 0.455. The lowest BCUT2D eigenvalue weighted by atomic mass is 9.84. The number of ether oxygens (including phenoxy) is 1. The molecule has 2 aliphatic heterocycles. The molecule has 2 amide bonds. The number of pyridine rings is 2. The molecule has 3 fully saturated rings. The first-order chi connectivity index (χ1) is 20.4. The fourth-order valence-corrected chi connectivity index (χ4v) is 6.79. The highest BCUT2D eigenvalue weighted by molar-refractivity contribution is 5.75. The Balaban J connectivity index is 1.10. The molecule has 2 aromatic rings. The molecule has 3 aliphatic rings. The minimum Gasteiger partial charge on any atom is -0.378 e. The highest BCUT2D eigenvalue weighted by Gasteiger charge is 2.27. The first-order valence-corrected chi connectivity index (χ1v) is 16.2. The van der Waals surface area contributed by atoms with Crippen molar-refractivity contribution in [1.82, 2.24) is 25.1 Å². The molecule has 0 radical (unpaired) electrons. The first-order valence-electron chi connectivity index (χ1n) is 16.2. The number of anilines is 2. The van der Waals surface area contributed by atoms with E-state index in [1.807, 2.05) is 23.4 Å². The van der Waals surface area contributed by atoms with E-state index in [1.54, 1.807) is 0 Å². The van der Waals surface area contributed by atoms with Gasteiger partial charge in [0.15, 0.2) is 0 Å². The van der Waals surface area contributed by atoms with Crippen LogP contribution in [0.3, 0.4) is 0 Å². The number of hydrogen-bond donors (Lipinski definition) is 1. The zero-order valence-electron chi connectivity index (χ0n) is 26.2. The zero-order valence-corrected chi connectivity index (χ0v) is 26.2. The van der Waals surface area contributed by atoms with Crippen LogP contribution in [0, 0.1) is 5.92 Å². The molecule has 9 heteroatoms. The number of hydrogen-bond acceptors (Lipinski definition) is 7. The van der Waals surface area contributed by atoms with Gasteiger partial charge in [-0.1, -0.05) is 6.07 Å². The SMILES string of the molecule is CC(C)N(C(=O)NC1CCC(CCN2CCN(c3cc(-c4cccnc4)cc(N4CCOCC4)n3)CC2)CC1)C(C)C. The summed E-state index contributed by atoms with van der Waals surface area (Å²) in [5.74, 6) is 2.85. The summed E-state index contributed by atoms with van der Waals surface area (Å²) in [6.45, 7) is 16.9. The number of urea groups is 1. The molecule has 0 aromatic carbocycles. The van der Waals surface area contributed by atoms with Gasteiger partial charge in [0.2, 0.25) is 0 Å². The van der Waals surface area contributed by atoms with E-state index < -0.39 is 0 Å². The second-order valence-corrected chi connectivity index (χ2v) is 12.8. The van der Waals surface area contributed by atoms with E-state index in [-0.39, 0.29) is 18.1 Å². The summed E-state index contributed by atoms with van der Waals surface area (Å²) >= 11 is 0. The number of amides is 2. The summed E-state index contributed by atoms with van der Waals surface area (Å²) in [5, 5.41) is 3.32. The van der Waals surface area contributed by atoms with E-state index in [0.717, 1.165) is 95.0 Å². The lowest BCUT2D eigenvalue weighted by Gasteiger charge is -2.38. The molecule has 2 saturated heterocycles. The first kappa shape index (κ1) is 30.5. The average molecular weight is 578 g/mol. The van der Waals surface area contributed by atoms with E-state index >= 15 is 0 Å². The molecule has 1 N–H and O–H groups in total. The number of carbonyl (C=O) groups excluding carboxylic acids is 1. The number of carbonyl (C=O) groups is 1. The van der Waals surface area contributed by atoms with Crippen molar-refractivity contribution in [1.29, 1.82) is 0 Å². The van der Waals surface area contributed by atoms with Crippen LogP contribution >= 0.6 is 0 Å². The van der Waals surface area contributed by atoms with Crippen LogP contribution in [-0.2, 0) is 4.74 Å². The van der Waals surface area contributed by atoms with E-state index in [0.29, 0.717) is 6.04 Å². The third-order valence-corrected chi connectivity index (χ3v) is 9.20. The van der Waals surface area contributed by atoms with Crippen LogP contribution in [0.2, 0.25) is 0 Å². The Hall–Kier alpha value is -2.91. The van der Waals surface area contributed by atoms with Gasteiger partial charge in [-0.25, -0.2) is 9.78 Å². The van der Waals surface area contributed by atoms with Crippen molar-refractivity contribution in [2.24, 2.45) is 5.92 Å². The average Bonchev–Trinajstić information content (AvgIpc) is 3.01. The fraction of sp³-hybridized carbons (Fsp3) is 0.667. The van der Waals surface area contributed by atoms with Crippen molar-refractivity contribution in [3.05, 3.63) is 36.7 Å². The molecule has 0 spiro atoms. The van der Waals surface area contributed by atoms with Gasteiger partial charge < -0.3 is 24.8 Å². The summed E-state index contributed by atoms with van der Waals surface area (Å²) in [6.07, 6.45) is 9.63. The molecule has 0 unspecified atom stereocenters. The van der Waals surface area contributed by atoms with Gasteiger partial charge in [-0.05, 0) is 96.0 Å². The van der Waals surface area contributed by atoms with Crippen molar-refractivity contribution >= 4 is 17.7 Å². The minimum absolute atomic E-state index is 0.0962. The van der Waals surface area contributed by atoms with Gasteiger partial charge in [-0.3, -0.25) is 9.88 Å². The smallest absolute Gasteiger partial charge is 0.318 e. The van der Waals surface area contributed by atoms with Crippen LogP contribution in [0.4, 0.5) is 16.4 Å². The van der Waals surface area contributed by atoms with Crippen LogP contribution < -0.4 is 15.1 Å². The predicted octanol–water partition coefficient (Wildman–Crippen LogP) is 4.88. The third kappa shape index (κ3) is 7.92. The van der Waals surface area contributed by atoms with E-state index in [4.69, 9.17) is 9.72 Å². The van der Waals surface area contributed by atoms with Crippen LogP contribution in [-0.4, -0.2) is 103 Å². The van der Waals surface area contributed by atoms with E-state index in [1.165, 1.54) is 24.8 Å². The molecule has 230 valence electrons. The monoisotopic (exact) mass is 577 g/mol. The Kier molecular flexibility index (Phi) is 10.6. The fourth-order valence-electron chi connectivity index (χ4n) is 6.79. The van der Waals surface area contributed by atoms with Gasteiger partial charge in [-0.2, -0.15) is 0 Å². The molecule has 1 saturated carbocycles. The third-order valence-electron chi connectivity index (χ3n) is 9.20. The van der Waals surface area contributed by atoms with Gasteiger partial charge in [0.1, 0.15) is 11.6 Å². The van der Waals surface area contributed by atoms with Crippen molar-refractivity contribution in [3.8, 4) is 11.1 Å². The number of nitrogens with zero attached hydrogens (tertiary/aromatic N) is 6. The standard InChI is InChI=1S/C33H51N7O2/c1-25(2)40(26(3)4)33(41)35-30-9-7-27(8-10-30)11-13-37-14-16-38(17-15-37)31-22-29(28-6-5-12-34-24-28)23-32(36-31)39-18-20-42-21-19-39/h5-6,12,22-27,30H,7-11,13-21H2,1-4H3,(H,35,41). The lowest BCUT2D eigenvalue weighted by molar-refractivity contribution is 0.122. The molecule has 4 heterocycles. The summed E-state index contributed by atoms with van der Waals surface area (Å²) in [4.78, 5) is 31.7. The minimum atomic E-state index is 0.0962. The Bertz CT molecular complexity index is 1110. The zero-order chi connectivity index (χ0) is 29.5. The predicted molar refractivity (Wildman–Crippen MR) is 170 cm³/mol. The van der Waals surface area contributed by atoms with Crippen LogP contribution in [0.15, 0.2) is 36.7 Å². The molecule has 0 atom stereocenters. The molecular weight excluding hydrogens is 526 g/mol. The highest BCUT2D eigenvalue weighted by Crippen LogP contribution is 2.30. The van der Waals surface area contributed by atoms with Gasteiger partial charge in [0.25, 0.3) is 0 Å². The van der Waals surface area contributed by atoms with Gasteiger partial charge in [0, 0.05) is 75.4 Å². The molecule has 9 nitrogen and oxygen atoms in total. The number of rotatable bonds is 9. The van der Waals surface area contributed by atoms with Gasteiger partial charge in [0.05, 0.1) is 13.2 Å². The highest BCUT2D eigenvalue weighted by atomic mass is 16.5. The summed E-state index contributed by atoms with van der Waals surface area (Å²) in [5.41, 5.74) is 2.30. The largest absolute Gasteiger partial charge is 0.378 e. The number of nitrogens with one attached hydrogen (secondary N) is 1. The Morgan fingerprint density at radius 3 is 2.17 bits per heavy atom. The molecule has 2 aromatic heterocycles. The Labute approximate surface area is 252 Å². The van der Waals surface area contributed by atoms with E-state index in [2.05, 4.69) is 70.9 Å². The summed E-state index contributed by atoms with van der Waals surface area (Å²) < 4.78 is 5.59. The molecule has 0 bridgehead atoms. The molecule has 42 heavy (non-hydrogen) atoms. The molecule has 5 rings (SSSR count). The number of aromatic nitrogens is 2. The molecular formula is C33H51N7O2. The Morgan fingerprint density at radius 1 is 0.929 bits per heavy atom. The number of morpholine rings is 1. The van der Waals surface area contributed by atoms with Crippen LogP contribution in [0.1, 0.15) is 59.8 Å². The van der Waals surface area contributed by atoms with Crippen molar-refractivity contribution in [2.45, 2.75) is 77.9 Å². The Morgan fingerprint density at radius 2 is 1.57 bits per heavy atom. The van der Waals surface area contributed by atoms with Crippen molar-refractivity contribution in [2.75, 3.05) is 68.8 Å². The van der Waals surface area contributed by atoms with Crippen molar-refractivity contribution < 1.29 is 9.53 Å².